The molecule has 0 aliphatic rings. The maximum Gasteiger partial charge on any atom is 0.194 e. The van der Waals surface area contributed by atoms with Crippen molar-refractivity contribution in [1.82, 2.24) is 14.7 Å². The van der Waals surface area contributed by atoms with E-state index in [2.05, 4.69) is 39.5 Å². The van der Waals surface area contributed by atoms with Crippen LogP contribution in [0.4, 0.5) is 0 Å². The SMILES string of the molecule is CSCCCNCc1c(C)nc2sccn12. The Labute approximate surface area is 104 Å². The molecule has 2 aromatic heterocycles. The van der Waals surface area contributed by atoms with E-state index in [0.29, 0.717) is 0 Å². The van der Waals surface area contributed by atoms with E-state index in [0.717, 1.165) is 23.7 Å². The number of imidazole rings is 1. The van der Waals surface area contributed by atoms with E-state index < -0.39 is 0 Å². The zero-order chi connectivity index (χ0) is 11.4. The van der Waals surface area contributed by atoms with Crippen LogP contribution in [0.15, 0.2) is 11.6 Å². The molecule has 0 fully saturated rings. The number of thioether (sulfide) groups is 1. The largest absolute Gasteiger partial charge is 0.311 e. The summed E-state index contributed by atoms with van der Waals surface area (Å²) in [6.07, 6.45) is 5.47. The topological polar surface area (TPSA) is 29.3 Å². The summed E-state index contributed by atoms with van der Waals surface area (Å²) in [4.78, 5) is 5.62. The first kappa shape index (κ1) is 12.0. The van der Waals surface area contributed by atoms with Crippen LogP contribution in [0.1, 0.15) is 17.8 Å². The fraction of sp³-hybridized carbons (Fsp3) is 0.545. The summed E-state index contributed by atoms with van der Waals surface area (Å²) in [7, 11) is 0. The van der Waals surface area contributed by atoms with Crippen molar-refractivity contribution in [3.63, 3.8) is 0 Å². The van der Waals surface area contributed by atoms with E-state index in [-0.39, 0.29) is 0 Å². The Hall–Kier alpha value is -0.520. The lowest BCUT2D eigenvalue weighted by Gasteiger charge is -2.04. The molecule has 3 nitrogen and oxygen atoms in total. The minimum atomic E-state index is 0.915. The molecule has 0 bridgehead atoms. The zero-order valence-electron chi connectivity index (χ0n) is 9.69. The van der Waals surface area contributed by atoms with E-state index >= 15 is 0 Å². The van der Waals surface area contributed by atoms with Gasteiger partial charge in [0.2, 0.25) is 0 Å². The van der Waals surface area contributed by atoms with Gasteiger partial charge < -0.3 is 5.32 Å². The van der Waals surface area contributed by atoms with Crippen LogP contribution in [0.5, 0.6) is 0 Å². The molecular formula is C11H17N3S2. The van der Waals surface area contributed by atoms with E-state index in [1.165, 1.54) is 17.9 Å². The van der Waals surface area contributed by atoms with Gasteiger partial charge in [0.15, 0.2) is 4.96 Å². The Kier molecular flexibility index (Phi) is 4.26. The van der Waals surface area contributed by atoms with Crippen molar-refractivity contribution in [2.24, 2.45) is 0 Å². The van der Waals surface area contributed by atoms with E-state index in [1.807, 2.05) is 11.8 Å². The molecule has 0 spiro atoms. The van der Waals surface area contributed by atoms with Crippen LogP contribution in [0.3, 0.4) is 0 Å². The smallest absolute Gasteiger partial charge is 0.194 e. The van der Waals surface area contributed by atoms with Crippen LogP contribution in [0.2, 0.25) is 0 Å². The van der Waals surface area contributed by atoms with Gasteiger partial charge in [-0.3, -0.25) is 4.40 Å². The van der Waals surface area contributed by atoms with Gasteiger partial charge in [-0.25, -0.2) is 4.98 Å². The maximum atomic E-state index is 4.53. The highest BCUT2D eigenvalue weighted by Gasteiger charge is 2.08. The summed E-state index contributed by atoms with van der Waals surface area (Å²) in [5.41, 5.74) is 2.43. The van der Waals surface area contributed by atoms with Gasteiger partial charge in [0.1, 0.15) is 0 Å². The fourth-order valence-corrected chi connectivity index (χ4v) is 2.91. The number of thiazole rings is 1. The lowest BCUT2D eigenvalue weighted by Crippen LogP contribution is -2.17. The molecule has 5 heteroatoms. The van der Waals surface area contributed by atoms with Crippen molar-refractivity contribution in [3.8, 4) is 0 Å². The van der Waals surface area contributed by atoms with Gasteiger partial charge >= 0.3 is 0 Å². The monoisotopic (exact) mass is 255 g/mol. The Bertz CT molecular complexity index is 447. The molecule has 0 amide bonds. The van der Waals surface area contributed by atoms with Gasteiger partial charge in [0.25, 0.3) is 0 Å². The number of aromatic nitrogens is 2. The second-order valence-corrected chi connectivity index (χ2v) is 5.58. The zero-order valence-corrected chi connectivity index (χ0v) is 11.3. The van der Waals surface area contributed by atoms with Gasteiger partial charge in [-0.1, -0.05) is 0 Å². The number of nitrogens with zero attached hydrogens (tertiary/aromatic N) is 2. The second-order valence-electron chi connectivity index (χ2n) is 3.72. The van der Waals surface area contributed by atoms with Gasteiger partial charge in [-0.15, -0.1) is 11.3 Å². The predicted octanol–water partition coefficient (Wildman–Crippen LogP) is 2.55. The Morgan fingerprint density at radius 2 is 2.44 bits per heavy atom. The average molecular weight is 255 g/mol. The molecule has 0 atom stereocenters. The Balaban J connectivity index is 1.93. The van der Waals surface area contributed by atoms with Crippen LogP contribution in [0, 0.1) is 6.92 Å². The molecule has 0 aromatic carbocycles. The molecule has 0 radical (unpaired) electrons. The summed E-state index contributed by atoms with van der Waals surface area (Å²) in [6.45, 7) is 4.08. The summed E-state index contributed by atoms with van der Waals surface area (Å²) in [5, 5.41) is 5.56. The van der Waals surface area contributed by atoms with E-state index in [1.54, 1.807) is 11.3 Å². The lowest BCUT2D eigenvalue weighted by atomic mass is 10.3. The number of nitrogens with one attached hydrogen (secondary N) is 1. The molecule has 0 unspecified atom stereocenters. The fourth-order valence-electron chi connectivity index (χ4n) is 1.70. The summed E-state index contributed by atoms with van der Waals surface area (Å²) >= 11 is 3.59. The first-order chi connectivity index (χ1) is 7.83. The Morgan fingerprint density at radius 1 is 1.56 bits per heavy atom. The lowest BCUT2D eigenvalue weighted by molar-refractivity contribution is 0.662. The third kappa shape index (κ3) is 2.59. The van der Waals surface area contributed by atoms with Crippen LogP contribution in [-0.4, -0.2) is 27.9 Å². The minimum Gasteiger partial charge on any atom is -0.311 e. The molecule has 0 saturated carbocycles. The van der Waals surface area contributed by atoms with Crippen molar-refractivity contribution in [1.29, 1.82) is 0 Å². The number of rotatable bonds is 6. The number of hydrogen-bond acceptors (Lipinski definition) is 4. The molecule has 16 heavy (non-hydrogen) atoms. The highest BCUT2D eigenvalue weighted by molar-refractivity contribution is 7.98. The number of aryl methyl sites for hydroxylation is 1. The van der Waals surface area contributed by atoms with Gasteiger partial charge in [-0.2, -0.15) is 11.8 Å². The molecular weight excluding hydrogens is 238 g/mol. The molecule has 0 aliphatic carbocycles. The van der Waals surface area contributed by atoms with Crippen molar-refractivity contribution in [3.05, 3.63) is 23.0 Å². The van der Waals surface area contributed by atoms with Crippen molar-refractivity contribution in [2.75, 3.05) is 18.6 Å². The minimum absolute atomic E-state index is 0.915. The molecule has 88 valence electrons. The Morgan fingerprint density at radius 3 is 3.25 bits per heavy atom. The quantitative estimate of drug-likeness (QED) is 0.804. The third-order valence-electron chi connectivity index (χ3n) is 2.56. The molecule has 0 aliphatic heterocycles. The number of hydrogen-bond donors (Lipinski definition) is 1. The van der Waals surface area contributed by atoms with Crippen LogP contribution >= 0.6 is 23.1 Å². The summed E-state index contributed by atoms with van der Waals surface area (Å²) < 4.78 is 2.18. The first-order valence-corrected chi connectivity index (χ1v) is 7.71. The highest BCUT2D eigenvalue weighted by Crippen LogP contribution is 2.16. The van der Waals surface area contributed by atoms with Crippen molar-refractivity contribution >= 4 is 28.1 Å². The van der Waals surface area contributed by atoms with Crippen LogP contribution in [0.25, 0.3) is 4.96 Å². The average Bonchev–Trinajstić information content (AvgIpc) is 2.80. The van der Waals surface area contributed by atoms with Crippen LogP contribution in [-0.2, 0) is 6.54 Å². The van der Waals surface area contributed by atoms with Crippen molar-refractivity contribution < 1.29 is 0 Å². The summed E-state index contributed by atoms with van der Waals surface area (Å²) in [5.74, 6) is 1.23. The van der Waals surface area contributed by atoms with Crippen molar-refractivity contribution in [2.45, 2.75) is 19.9 Å². The first-order valence-electron chi connectivity index (χ1n) is 5.43. The molecule has 2 heterocycles. The van der Waals surface area contributed by atoms with Crippen LogP contribution < -0.4 is 5.32 Å². The second kappa shape index (κ2) is 5.70. The number of fused-ring (bicyclic) bond motifs is 1. The van der Waals surface area contributed by atoms with Gasteiger partial charge in [0.05, 0.1) is 11.4 Å². The predicted molar refractivity (Wildman–Crippen MR) is 72.5 cm³/mol. The molecule has 0 saturated heterocycles. The third-order valence-corrected chi connectivity index (χ3v) is 4.01. The molecule has 2 rings (SSSR count). The van der Waals surface area contributed by atoms with E-state index in [9.17, 15) is 0 Å². The maximum absolute atomic E-state index is 4.53. The standard InChI is InChI=1S/C11H17N3S2/c1-9-10(8-12-4-3-6-15-2)14-5-7-16-11(14)13-9/h5,7,12H,3-4,6,8H2,1-2H3. The van der Waals surface area contributed by atoms with Gasteiger partial charge in [-0.05, 0) is 31.9 Å². The van der Waals surface area contributed by atoms with E-state index in [4.69, 9.17) is 0 Å². The molecule has 2 aromatic rings. The molecule has 1 N–H and O–H groups in total. The normalized spacial score (nSPS) is 11.4. The highest BCUT2D eigenvalue weighted by atomic mass is 32.2. The van der Waals surface area contributed by atoms with Gasteiger partial charge in [0, 0.05) is 18.1 Å². The summed E-state index contributed by atoms with van der Waals surface area (Å²) in [6, 6.07) is 0.